The number of unbranched alkanes of at least 4 members (excludes halogenated alkanes) is 23. The molecule has 6 unspecified atom stereocenters. The van der Waals surface area contributed by atoms with Crippen LogP contribution < -0.4 is 0 Å². The molecule has 6 N–H and O–H groups in total. The van der Waals surface area contributed by atoms with Gasteiger partial charge in [0.2, 0.25) is 0 Å². The zero-order chi connectivity index (χ0) is 42.2. The standard InChI is InChI=1S/C43H81O13P/c1-3-5-7-9-11-13-15-17-18-20-22-24-26-28-30-32-37(45)55-35(34-54-57(51,52)56-43-41(49)39(47)38(46)40(48)42(43)50)33-53-36(44)31-29-27-25-23-21-19-16-14-12-10-8-6-4-2/h26,28,35,38-43,46-50H,3-25,27,29-34H2,1-2H3,(H,51,52)/b28-26+/t35-,38?,39-,40?,41?,42?,43?/m1/s1. The van der Waals surface area contributed by atoms with Gasteiger partial charge in [0.05, 0.1) is 6.61 Å². The van der Waals surface area contributed by atoms with Gasteiger partial charge in [-0.1, -0.05) is 167 Å². The fraction of sp³-hybridized carbons (Fsp3) is 0.907. The first-order chi connectivity index (χ1) is 27.4. The van der Waals surface area contributed by atoms with E-state index in [1.165, 1.54) is 122 Å². The summed E-state index contributed by atoms with van der Waals surface area (Å²) < 4.78 is 33.4. The normalized spacial score (nSPS) is 22.7. The molecular weight excluding hydrogens is 755 g/mol. The predicted molar refractivity (Wildman–Crippen MR) is 221 cm³/mol. The monoisotopic (exact) mass is 837 g/mol. The Balaban J connectivity index is 2.49. The summed E-state index contributed by atoms with van der Waals surface area (Å²) in [7, 11) is -5.12. The van der Waals surface area contributed by atoms with Crippen molar-refractivity contribution < 1.29 is 63.1 Å². The largest absolute Gasteiger partial charge is 0.472 e. The lowest BCUT2D eigenvalue weighted by atomic mass is 9.85. The van der Waals surface area contributed by atoms with Gasteiger partial charge in [-0.05, 0) is 25.7 Å². The Kier molecular flexibility index (Phi) is 32.3. The van der Waals surface area contributed by atoms with Crippen LogP contribution in [0.5, 0.6) is 0 Å². The van der Waals surface area contributed by atoms with Crippen molar-refractivity contribution in [2.45, 2.75) is 236 Å². The molecule has 8 atom stereocenters. The summed E-state index contributed by atoms with van der Waals surface area (Å²) in [5, 5.41) is 50.1. The van der Waals surface area contributed by atoms with Gasteiger partial charge in [0.15, 0.2) is 6.10 Å². The van der Waals surface area contributed by atoms with Gasteiger partial charge in [-0.25, -0.2) is 4.57 Å². The third-order valence-corrected chi connectivity index (χ3v) is 11.6. The third-order valence-electron chi connectivity index (χ3n) is 10.6. The molecular formula is C43H81O13P. The molecule has 0 heterocycles. The van der Waals surface area contributed by atoms with Gasteiger partial charge in [-0.3, -0.25) is 18.6 Å². The van der Waals surface area contributed by atoms with E-state index >= 15 is 0 Å². The SMILES string of the molecule is CCCCCCCCCCCCC/C=C/CCC(=O)O[C@H](COC(=O)CCCCCCCCCCCCCCC)COP(=O)(O)OC1C(O)C(O)C(O)[C@@H](O)C1O. The molecule has 1 saturated carbocycles. The number of allylic oxidation sites excluding steroid dienone is 2. The van der Waals surface area contributed by atoms with E-state index in [-0.39, 0.29) is 12.8 Å². The molecule has 0 saturated heterocycles. The number of rotatable bonds is 37. The van der Waals surface area contributed by atoms with Crippen LogP contribution >= 0.6 is 7.82 Å². The molecule has 0 aromatic carbocycles. The minimum atomic E-state index is -5.12. The van der Waals surface area contributed by atoms with E-state index in [1.807, 2.05) is 12.2 Å². The van der Waals surface area contributed by atoms with Crippen LogP contribution in [-0.4, -0.2) is 98.3 Å². The van der Waals surface area contributed by atoms with Gasteiger partial charge in [0.25, 0.3) is 0 Å². The molecule has 1 aliphatic rings. The number of aliphatic hydroxyl groups excluding tert-OH is 5. The van der Waals surface area contributed by atoms with E-state index in [2.05, 4.69) is 13.8 Å². The minimum Gasteiger partial charge on any atom is -0.462 e. The van der Waals surface area contributed by atoms with Crippen molar-refractivity contribution in [2.24, 2.45) is 0 Å². The number of esters is 2. The molecule has 0 bridgehead atoms. The second kappa shape index (κ2) is 34.3. The fourth-order valence-electron chi connectivity index (χ4n) is 6.95. The molecule has 0 radical (unpaired) electrons. The highest BCUT2D eigenvalue weighted by molar-refractivity contribution is 7.47. The van der Waals surface area contributed by atoms with Crippen LogP contribution in [0.2, 0.25) is 0 Å². The molecule has 0 aliphatic heterocycles. The summed E-state index contributed by atoms with van der Waals surface area (Å²) in [5.74, 6) is -1.15. The summed E-state index contributed by atoms with van der Waals surface area (Å²) in [5.41, 5.74) is 0. The fourth-order valence-corrected chi connectivity index (χ4v) is 7.93. The number of phosphoric ester groups is 1. The topological polar surface area (TPSA) is 210 Å². The van der Waals surface area contributed by atoms with Crippen LogP contribution in [0.1, 0.15) is 194 Å². The molecule has 0 aromatic heterocycles. The molecule has 0 amide bonds. The second-order valence-electron chi connectivity index (χ2n) is 15.9. The molecule has 1 aliphatic carbocycles. The zero-order valence-electron chi connectivity index (χ0n) is 35.4. The van der Waals surface area contributed by atoms with Crippen molar-refractivity contribution in [1.29, 1.82) is 0 Å². The minimum absolute atomic E-state index is 0.0179. The van der Waals surface area contributed by atoms with Crippen molar-refractivity contribution >= 4 is 19.8 Å². The number of carbonyl (C=O) groups excluding carboxylic acids is 2. The van der Waals surface area contributed by atoms with Crippen LogP contribution in [0.15, 0.2) is 12.2 Å². The van der Waals surface area contributed by atoms with Crippen LogP contribution in [0, 0.1) is 0 Å². The van der Waals surface area contributed by atoms with Crippen molar-refractivity contribution in [1.82, 2.24) is 0 Å². The number of carbonyl (C=O) groups is 2. The van der Waals surface area contributed by atoms with Gasteiger partial charge in [0.1, 0.15) is 43.2 Å². The van der Waals surface area contributed by atoms with E-state index in [9.17, 15) is 44.6 Å². The average molecular weight is 837 g/mol. The van der Waals surface area contributed by atoms with E-state index < -0.39 is 75.7 Å². The van der Waals surface area contributed by atoms with Gasteiger partial charge >= 0.3 is 19.8 Å². The molecule has 14 heteroatoms. The molecule has 336 valence electrons. The Bertz CT molecular complexity index is 1060. The molecule has 0 spiro atoms. The lowest BCUT2D eigenvalue weighted by Crippen LogP contribution is -2.64. The molecule has 1 rings (SSSR count). The maximum atomic E-state index is 12.8. The van der Waals surface area contributed by atoms with Gasteiger partial charge < -0.3 is 39.9 Å². The number of phosphoric acid groups is 1. The van der Waals surface area contributed by atoms with E-state index in [1.54, 1.807) is 0 Å². The Morgan fingerprint density at radius 2 is 0.930 bits per heavy atom. The smallest absolute Gasteiger partial charge is 0.462 e. The molecule has 0 aromatic rings. The maximum absolute atomic E-state index is 12.8. The quantitative estimate of drug-likeness (QED) is 0.0151. The summed E-state index contributed by atoms with van der Waals surface area (Å²) in [4.78, 5) is 35.6. The number of aliphatic hydroxyl groups is 5. The van der Waals surface area contributed by atoms with Crippen LogP contribution in [-0.2, 0) is 32.7 Å². The van der Waals surface area contributed by atoms with Crippen molar-refractivity contribution in [3.63, 3.8) is 0 Å². The Hall–Kier alpha value is -1.41. The highest BCUT2D eigenvalue weighted by Crippen LogP contribution is 2.47. The molecule has 57 heavy (non-hydrogen) atoms. The van der Waals surface area contributed by atoms with Crippen LogP contribution in [0.25, 0.3) is 0 Å². The van der Waals surface area contributed by atoms with Crippen molar-refractivity contribution in [2.75, 3.05) is 13.2 Å². The Labute approximate surface area is 343 Å². The highest BCUT2D eigenvalue weighted by Gasteiger charge is 2.51. The zero-order valence-corrected chi connectivity index (χ0v) is 36.3. The van der Waals surface area contributed by atoms with E-state index in [0.717, 1.165) is 32.1 Å². The maximum Gasteiger partial charge on any atom is 0.472 e. The first kappa shape index (κ1) is 53.6. The van der Waals surface area contributed by atoms with Gasteiger partial charge in [-0.15, -0.1) is 0 Å². The van der Waals surface area contributed by atoms with E-state index in [4.69, 9.17) is 18.5 Å². The van der Waals surface area contributed by atoms with Crippen molar-refractivity contribution in [3.05, 3.63) is 12.2 Å². The second-order valence-corrected chi connectivity index (χ2v) is 17.3. The van der Waals surface area contributed by atoms with Crippen LogP contribution in [0.3, 0.4) is 0 Å². The summed E-state index contributed by atoms with van der Waals surface area (Å²) in [6.07, 6.45) is 21.4. The Morgan fingerprint density at radius 3 is 1.40 bits per heavy atom. The summed E-state index contributed by atoms with van der Waals surface area (Å²) >= 11 is 0. The lowest BCUT2D eigenvalue weighted by Gasteiger charge is -2.41. The average Bonchev–Trinajstić information content (AvgIpc) is 3.19. The molecule has 1 fully saturated rings. The number of ether oxygens (including phenoxy) is 2. The number of hydrogen-bond acceptors (Lipinski definition) is 12. The van der Waals surface area contributed by atoms with Gasteiger partial charge in [0, 0.05) is 12.8 Å². The predicted octanol–water partition coefficient (Wildman–Crippen LogP) is 8.28. The summed E-state index contributed by atoms with van der Waals surface area (Å²) in [6, 6.07) is 0. The van der Waals surface area contributed by atoms with Crippen molar-refractivity contribution in [3.8, 4) is 0 Å². The van der Waals surface area contributed by atoms with Gasteiger partial charge in [-0.2, -0.15) is 0 Å². The third kappa shape index (κ3) is 27.1. The van der Waals surface area contributed by atoms with E-state index in [0.29, 0.717) is 12.8 Å². The molecule has 13 nitrogen and oxygen atoms in total. The number of hydrogen-bond donors (Lipinski definition) is 6. The first-order valence-corrected chi connectivity index (χ1v) is 24.0. The highest BCUT2D eigenvalue weighted by atomic mass is 31.2. The summed E-state index contributed by atoms with van der Waals surface area (Å²) in [6.45, 7) is 3.27. The lowest BCUT2D eigenvalue weighted by molar-refractivity contribution is -0.220. The first-order valence-electron chi connectivity index (χ1n) is 22.5. The Morgan fingerprint density at radius 1 is 0.526 bits per heavy atom. The van der Waals surface area contributed by atoms with Crippen LogP contribution in [0.4, 0.5) is 0 Å².